The summed E-state index contributed by atoms with van der Waals surface area (Å²) in [5.41, 5.74) is 5.13. The number of alkyl halides is 2. The number of carbonyl (C=O) groups excluding carboxylic acids is 1. The minimum atomic E-state index is -3.94. The van der Waals surface area contributed by atoms with Crippen molar-refractivity contribution in [3.8, 4) is 5.75 Å². The monoisotopic (exact) mass is 437 g/mol. The maximum atomic E-state index is 13.8. The Bertz CT molecular complexity index is 503. The third-order valence-electron chi connectivity index (χ3n) is 2.33. The van der Waals surface area contributed by atoms with Gasteiger partial charge in [-0.05, 0) is 35.0 Å². The molecule has 0 fully saturated rings. The second-order valence-corrected chi connectivity index (χ2v) is 5.42. The van der Waals surface area contributed by atoms with Crippen molar-refractivity contribution in [1.29, 1.82) is 0 Å². The zero-order valence-electron chi connectivity index (χ0n) is 10.2. The first-order valence-corrected chi connectivity index (χ1v) is 6.78. The Morgan fingerprint density at radius 2 is 2.05 bits per heavy atom. The molecule has 0 aliphatic carbocycles. The van der Waals surface area contributed by atoms with Crippen LogP contribution in [0.25, 0.3) is 0 Å². The second-order valence-electron chi connectivity index (χ2n) is 3.65. The summed E-state index contributed by atoms with van der Waals surface area (Å²) < 4.78 is 32.5. The number of benzene rings is 1. The zero-order valence-corrected chi connectivity index (χ0v) is 14.2. The first-order valence-electron chi connectivity index (χ1n) is 5.20. The minimum Gasteiger partial charge on any atom is -0.506 e. The number of halogens is 5. The summed E-state index contributed by atoms with van der Waals surface area (Å²) in [7, 11) is 0. The molecule has 0 saturated carbocycles. The topological polar surface area (TPSA) is 72.5 Å². The van der Waals surface area contributed by atoms with E-state index in [0.29, 0.717) is 4.47 Å². The largest absolute Gasteiger partial charge is 0.506 e. The lowest BCUT2D eigenvalue weighted by Crippen LogP contribution is -2.41. The van der Waals surface area contributed by atoms with Gasteiger partial charge >= 0.3 is 11.9 Å². The first-order chi connectivity index (χ1) is 8.71. The highest BCUT2D eigenvalue weighted by atomic mass is 79.9. The van der Waals surface area contributed by atoms with Crippen molar-refractivity contribution in [2.45, 2.75) is 18.9 Å². The summed E-state index contributed by atoms with van der Waals surface area (Å²) in [4.78, 5) is 11.2. The van der Waals surface area contributed by atoms with Crippen LogP contribution in [0, 0.1) is 0 Å². The number of phenols is 1. The standard InChI is InChI=1S/C11H11Br2F2NO3.ClH/c1-2-19-10(18)11(14,15)9(16)6-3-5(12)4-7(13)8(6)17;/h3-4,9,17H,2,16H2,1H3;1H/t9-;/m1./s1. The molecule has 0 spiro atoms. The van der Waals surface area contributed by atoms with Gasteiger partial charge in [0.15, 0.2) is 0 Å². The van der Waals surface area contributed by atoms with Gasteiger partial charge in [-0.15, -0.1) is 12.4 Å². The molecule has 0 bridgehead atoms. The van der Waals surface area contributed by atoms with Gasteiger partial charge in [0, 0.05) is 10.0 Å². The van der Waals surface area contributed by atoms with Crippen LogP contribution in [0.4, 0.5) is 8.78 Å². The molecule has 3 N–H and O–H groups in total. The second kappa shape index (κ2) is 7.53. The van der Waals surface area contributed by atoms with Crippen LogP contribution < -0.4 is 5.73 Å². The van der Waals surface area contributed by atoms with Crippen molar-refractivity contribution < 1.29 is 23.4 Å². The number of hydrogen-bond donors (Lipinski definition) is 2. The van der Waals surface area contributed by atoms with Crippen LogP contribution in [-0.2, 0) is 9.53 Å². The maximum absolute atomic E-state index is 13.8. The Morgan fingerprint density at radius 3 is 2.55 bits per heavy atom. The number of ether oxygens (including phenoxy) is 1. The summed E-state index contributed by atoms with van der Waals surface area (Å²) in [6, 6.07) is 0.673. The van der Waals surface area contributed by atoms with Gasteiger partial charge in [-0.3, -0.25) is 0 Å². The average Bonchev–Trinajstić information content (AvgIpc) is 2.33. The van der Waals surface area contributed by atoms with Crippen LogP contribution in [-0.4, -0.2) is 23.6 Å². The molecule has 0 heterocycles. The molecule has 0 radical (unpaired) electrons. The molecule has 0 amide bonds. The summed E-state index contributed by atoms with van der Waals surface area (Å²) >= 11 is 6.10. The van der Waals surface area contributed by atoms with E-state index in [9.17, 15) is 18.7 Å². The van der Waals surface area contributed by atoms with E-state index in [4.69, 9.17) is 5.73 Å². The van der Waals surface area contributed by atoms with Gasteiger partial charge in [-0.1, -0.05) is 15.9 Å². The van der Waals surface area contributed by atoms with Crippen molar-refractivity contribution in [2.24, 2.45) is 5.73 Å². The number of carbonyl (C=O) groups is 1. The van der Waals surface area contributed by atoms with E-state index in [0.717, 1.165) is 0 Å². The highest BCUT2D eigenvalue weighted by Crippen LogP contribution is 2.40. The lowest BCUT2D eigenvalue weighted by atomic mass is 10.0. The summed E-state index contributed by atoms with van der Waals surface area (Å²) in [5.74, 6) is -6.11. The molecule has 0 saturated heterocycles. The van der Waals surface area contributed by atoms with Crippen molar-refractivity contribution in [1.82, 2.24) is 0 Å². The quantitative estimate of drug-likeness (QED) is 0.704. The van der Waals surface area contributed by atoms with Gasteiger partial charge in [0.2, 0.25) is 0 Å². The molecule has 0 aromatic heterocycles. The molecule has 1 atom stereocenters. The highest BCUT2D eigenvalue weighted by molar-refractivity contribution is 9.11. The molecule has 114 valence electrons. The average molecular weight is 439 g/mol. The van der Waals surface area contributed by atoms with Gasteiger partial charge in [0.1, 0.15) is 11.8 Å². The third kappa shape index (κ3) is 4.03. The fraction of sp³-hybridized carbons (Fsp3) is 0.364. The Hall–Kier alpha value is -0.440. The van der Waals surface area contributed by atoms with E-state index in [1.165, 1.54) is 19.1 Å². The molecule has 0 aliphatic heterocycles. The smallest absolute Gasteiger partial charge is 0.379 e. The predicted octanol–water partition coefficient (Wildman–Crippen LogP) is 3.54. The van der Waals surface area contributed by atoms with E-state index in [1.807, 2.05) is 0 Å². The molecule has 4 nitrogen and oxygen atoms in total. The van der Waals surface area contributed by atoms with Crippen LogP contribution in [0.3, 0.4) is 0 Å². The van der Waals surface area contributed by atoms with E-state index >= 15 is 0 Å². The molecular weight excluding hydrogens is 427 g/mol. The number of aromatic hydroxyl groups is 1. The summed E-state index contributed by atoms with van der Waals surface area (Å²) in [6.07, 6.45) is 0. The van der Waals surface area contributed by atoms with Crippen LogP contribution >= 0.6 is 44.3 Å². The molecular formula is C11H12Br2ClF2NO3. The van der Waals surface area contributed by atoms with Gasteiger partial charge in [-0.2, -0.15) is 8.78 Å². The van der Waals surface area contributed by atoms with Crippen molar-refractivity contribution in [3.05, 3.63) is 26.6 Å². The fourth-order valence-corrected chi connectivity index (χ4v) is 2.63. The number of nitrogens with two attached hydrogens (primary N) is 1. The number of rotatable bonds is 4. The summed E-state index contributed by atoms with van der Waals surface area (Å²) in [5, 5.41) is 9.73. The maximum Gasteiger partial charge on any atom is 0.379 e. The van der Waals surface area contributed by atoms with E-state index in [2.05, 4.69) is 36.6 Å². The van der Waals surface area contributed by atoms with Crippen LogP contribution in [0.2, 0.25) is 0 Å². The number of hydrogen-bond acceptors (Lipinski definition) is 4. The molecule has 20 heavy (non-hydrogen) atoms. The Balaban J connectivity index is 0.00000361. The first kappa shape index (κ1) is 19.6. The number of esters is 1. The molecule has 0 unspecified atom stereocenters. The van der Waals surface area contributed by atoms with Gasteiger partial charge < -0.3 is 15.6 Å². The lowest BCUT2D eigenvalue weighted by Gasteiger charge is -2.23. The zero-order chi connectivity index (χ0) is 14.8. The SMILES string of the molecule is CCOC(=O)C(F)(F)[C@H](N)c1cc(Br)cc(Br)c1O.Cl. The summed E-state index contributed by atoms with van der Waals surface area (Å²) in [6.45, 7) is 1.22. The van der Waals surface area contributed by atoms with Gasteiger partial charge in [0.25, 0.3) is 0 Å². The molecule has 9 heteroatoms. The predicted molar refractivity (Wildman–Crippen MR) is 79.3 cm³/mol. The minimum absolute atomic E-state index is 0. The van der Waals surface area contributed by atoms with Crippen LogP contribution in [0.1, 0.15) is 18.5 Å². The Labute approximate surface area is 137 Å². The molecule has 0 aliphatic rings. The van der Waals surface area contributed by atoms with Crippen molar-refractivity contribution in [2.75, 3.05) is 6.61 Å². The Morgan fingerprint density at radius 1 is 1.50 bits per heavy atom. The fourth-order valence-electron chi connectivity index (χ4n) is 1.37. The normalized spacial score (nSPS) is 12.5. The van der Waals surface area contributed by atoms with E-state index in [1.54, 1.807) is 0 Å². The van der Waals surface area contributed by atoms with Crippen molar-refractivity contribution >= 4 is 50.2 Å². The van der Waals surface area contributed by atoms with Crippen LogP contribution in [0.5, 0.6) is 5.75 Å². The molecule has 1 aromatic carbocycles. The highest BCUT2D eigenvalue weighted by Gasteiger charge is 2.48. The van der Waals surface area contributed by atoms with Gasteiger partial charge in [-0.25, -0.2) is 4.79 Å². The van der Waals surface area contributed by atoms with Crippen molar-refractivity contribution in [3.63, 3.8) is 0 Å². The third-order valence-corrected chi connectivity index (χ3v) is 3.39. The van der Waals surface area contributed by atoms with E-state index < -0.39 is 23.7 Å². The molecule has 1 aromatic rings. The Kier molecular flexibility index (Phi) is 7.37. The van der Waals surface area contributed by atoms with E-state index in [-0.39, 0.29) is 29.1 Å². The number of phenolic OH excluding ortho intramolecular Hbond substituents is 1. The lowest BCUT2D eigenvalue weighted by molar-refractivity contribution is -0.174. The molecule has 1 rings (SSSR count). The van der Waals surface area contributed by atoms with Gasteiger partial charge in [0.05, 0.1) is 11.1 Å². The van der Waals surface area contributed by atoms with Crippen LogP contribution in [0.15, 0.2) is 21.1 Å².